The van der Waals surface area contributed by atoms with Crippen molar-refractivity contribution >= 4 is 5.91 Å². The number of imidazole rings is 1. The van der Waals surface area contributed by atoms with Crippen LogP contribution in [0.15, 0.2) is 41.3 Å². The van der Waals surface area contributed by atoms with Crippen LogP contribution >= 0.6 is 0 Å². The van der Waals surface area contributed by atoms with Crippen LogP contribution in [0.25, 0.3) is 0 Å². The summed E-state index contributed by atoms with van der Waals surface area (Å²) < 4.78 is 0. The number of aromatic amines is 2. The van der Waals surface area contributed by atoms with Gasteiger partial charge in [0.15, 0.2) is 0 Å². The van der Waals surface area contributed by atoms with Gasteiger partial charge in [0.05, 0.1) is 5.60 Å². The van der Waals surface area contributed by atoms with Crippen molar-refractivity contribution in [2.75, 3.05) is 6.54 Å². The van der Waals surface area contributed by atoms with E-state index in [-0.39, 0.29) is 23.6 Å². The first-order chi connectivity index (χ1) is 12.1. The van der Waals surface area contributed by atoms with Crippen LogP contribution in [0.4, 0.5) is 0 Å². The molecule has 1 saturated heterocycles. The van der Waals surface area contributed by atoms with Crippen molar-refractivity contribution in [2.24, 2.45) is 5.92 Å². The second-order valence-corrected chi connectivity index (χ2v) is 7.15. The average molecular weight is 341 g/mol. The van der Waals surface area contributed by atoms with Crippen LogP contribution in [0.1, 0.15) is 48.2 Å². The second-order valence-electron chi connectivity index (χ2n) is 7.15. The van der Waals surface area contributed by atoms with E-state index in [4.69, 9.17) is 0 Å². The zero-order valence-corrected chi connectivity index (χ0v) is 14.1. The molecule has 25 heavy (non-hydrogen) atoms. The second kappa shape index (κ2) is 6.19. The number of fused-ring (bicyclic) bond motifs is 1. The molecule has 2 fully saturated rings. The van der Waals surface area contributed by atoms with E-state index in [1.807, 2.05) is 35.2 Å². The minimum atomic E-state index is -0.894. The van der Waals surface area contributed by atoms with Gasteiger partial charge in [-0.1, -0.05) is 43.2 Å². The number of rotatable bonds is 2. The topological polar surface area (TPSA) is 89.2 Å². The molecule has 0 radical (unpaired) electrons. The Hall–Kier alpha value is -2.34. The molecule has 6 heteroatoms. The zero-order chi connectivity index (χ0) is 17.4. The van der Waals surface area contributed by atoms with Gasteiger partial charge >= 0.3 is 5.69 Å². The highest BCUT2D eigenvalue weighted by atomic mass is 16.3. The average Bonchev–Trinajstić information content (AvgIpc) is 3.09. The number of hydrogen-bond acceptors (Lipinski definition) is 3. The molecule has 2 aliphatic rings. The smallest absolute Gasteiger partial charge is 0.323 e. The Morgan fingerprint density at radius 2 is 1.96 bits per heavy atom. The number of likely N-dealkylation sites (tertiary alicyclic amines) is 1. The molecule has 2 aromatic rings. The maximum atomic E-state index is 12.9. The fourth-order valence-electron chi connectivity index (χ4n) is 4.62. The van der Waals surface area contributed by atoms with E-state index in [1.165, 1.54) is 6.20 Å². The summed E-state index contributed by atoms with van der Waals surface area (Å²) in [4.78, 5) is 31.1. The summed E-state index contributed by atoms with van der Waals surface area (Å²) in [5.41, 5.74) is -0.0378. The van der Waals surface area contributed by atoms with Crippen LogP contribution in [0.3, 0.4) is 0 Å². The van der Waals surface area contributed by atoms with Crippen molar-refractivity contribution in [1.29, 1.82) is 0 Å². The standard InChI is InChI=1S/C19H23N3O3/c23-17(15-12-20-18(24)21-15)22-11-10-19(25,13-6-2-1-3-7-13)14-8-4-5-9-16(14)22/h1-3,6-7,12,14,16,25H,4-5,8-11H2,(H2,20,21,24)/t14-,16+,19?/m1/s1. The minimum Gasteiger partial charge on any atom is -0.385 e. The van der Waals surface area contributed by atoms with Gasteiger partial charge in [-0.05, 0) is 24.8 Å². The van der Waals surface area contributed by atoms with Crippen LogP contribution in [0.5, 0.6) is 0 Å². The summed E-state index contributed by atoms with van der Waals surface area (Å²) in [6, 6.07) is 9.81. The van der Waals surface area contributed by atoms with E-state index >= 15 is 0 Å². The van der Waals surface area contributed by atoms with E-state index in [9.17, 15) is 14.7 Å². The molecule has 1 aliphatic carbocycles. The summed E-state index contributed by atoms with van der Waals surface area (Å²) in [5, 5.41) is 11.5. The third-order valence-electron chi connectivity index (χ3n) is 5.84. The first-order valence-corrected chi connectivity index (χ1v) is 8.96. The number of nitrogens with zero attached hydrogens (tertiary/aromatic N) is 1. The lowest BCUT2D eigenvalue weighted by Crippen LogP contribution is -2.59. The lowest BCUT2D eigenvalue weighted by atomic mass is 9.66. The molecule has 1 saturated carbocycles. The van der Waals surface area contributed by atoms with Gasteiger partial charge < -0.3 is 20.0 Å². The molecular weight excluding hydrogens is 318 g/mol. The Balaban J connectivity index is 1.66. The van der Waals surface area contributed by atoms with Crippen molar-refractivity contribution < 1.29 is 9.90 Å². The Morgan fingerprint density at radius 3 is 2.68 bits per heavy atom. The molecule has 1 unspecified atom stereocenters. The van der Waals surface area contributed by atoms with Crippen LogP contribution < -0.4 is 5.69 Å². The number of piperidine rings is 1. The number of carbonyl (C=O) groups is 1. The number of benzene rings is 1. The monoisotopic (exact) mass is 341 g/mol. The highest BCUT2D eigenvalue weighted by Gasteiger charge is 2.50. The number of aliphatic hydroxyl groups is 1. The summed E-state index contributed by atoms with van der Waals surface area (Å²) in [6.45, 7) is 0.485. The summed E-state index contributed by atoms with van der Waals surface area (Å²) in [5.74, 6) is -0.141. The van der Waals surface area contributed by atoms with Gasteiger partial charge in [-0.15, -0.1) is 0 Å². The number of carbonyl (C=O) groups excluding carboxylic acids is 1. The lowest BCUT2D eigenvalue weighted by Gasteiger charge is -2.52. The Labute approximate surface area is 145 Å². The Morgan fingerprint density at radius 1 is 1.20 bits per heavy atom. The molecule has 1 aliphatic heterocycles. The summed E-state index contributed by atoms with van der Waals surface area (Å²) in [7, 11) is 0. The van der Waals surface area contributed by atoms with Gasteiger partial charge in [-0.25, -0.2) is 4.79 Å². The predicted octanol–water partition coefficient (Wildman–Crippen LogP) is 2.00. The molecule has 1 amide bonds. The molecule has 1 aromatic carbocycles. The van der Waals surface area contributed by atoms with Crippen molar-refractivity contribution in [3.63, 3.8) is 0 Å². The van der Waals surface area contributed by atoms with Crippen LogP contribution in [0.2, 0.25) is 0 Å². The zero-order valence-electron chi connectivity index (χ0n) is 14.1. The maximum absolute atomic E-state index is 12.9. The molecule has 2 heterocycles. The van der Waals surface area contributed by atoms with Crippen LogP contribution in [-0.2, 0) is 5.60 Å². The SMILES string of the molecule is O=C(c1c[nH]c(=O)[nH]1)N1CCC(O)(c2ccccc2)[C@@H]2CCCC[C@@H]21. The fraction of sp³-hybridized carbons (Fsp3) is 0.474. The van der Waals surface area contributed by atoms with Crippen molar-refractivity contribution in [3.8, 4) is 0 Å². The quantitative estimate of drug-likeness (QED) is 0.780. The molecule has 6 nitrogen and oxygen atoms in total. The first-order valence-electron chi connectivity index (χ1n) is 8.96. The first kappa shape index (κ1) is 16.1. The number of amides is 1. The highest BCUT2D eigenvalue weighted by molar-refractivity contribution is 5.92. The largest absolute Gasteiger partial charge is 0.385 e. The molecule has 3 N–H and O–H groups in total. The van der Waals surface area contributed by atoms with E-state index in [2.05, 4.69) is 9.97 Å². The molecule has 0 bridgehead atoms. The van der Waals surface area contributed by atoms with E-state index in [0.717, 1.165) is 31.2 Å². The van der Waals surface area contributed by atoms with Crippen molar-refractivity contribution in [1.82, 2.24) is 14.9 Å². The Bertz CT molecular complexity index is 813. The van der Waals surface area contributed by atoms with Gasteiger partial charge in [0.2, 0.25) is 0 Å². The van der Waals surface area contributed by atoms with Gasteiger partial charge in [0, 0.05) is 24.7 Å². The van der Waals surface area contributed by atoms with Crippen molar-refractivity contribution in [2.45, 2.75) is 43.7 Å². The maximum Gasteiger partial charge on any atom is 0.323 e. The number of aromatic nitrogens is 2. The molecule has 132 valence electrons. The minimum absolute atomic E-state index is 0.00129. The van der Waals surface area contributed by atoms with Gasteiger partial charge in [-0.3, -0.25) is 4.79 Å². The third kappa shape index (κ3) is 2.70. The molecule has 4 rings (SSSR count). The summed E-state index contributed by atoms with van der Waals surface area (Å²) in [6.07, 6.45) is 5.86. The number of H-pyrrole nitrogens is 2. The van der Waals surface area contributed by atoms with E-state index < -0.39 is 5.60 Å². The predicted molar refractivity (Wildman–Crippen MR) is 93.2 cm³/mol. The van der Waals surface area contributed by atoms with Crippen molar-refractivity contribution in [3.05, 3.63) is 58.3 Å². The molecular formula is C19H23N3O3. The molecule has 1 aromatic heterocycles. The van der Waals surface area contributed by atoms with Crippen LogP contribution in [0, 0.1) is 5.92 Å². The van der Waals surface area contributed by atoms with Gasteiger partial charge in [0.1, 0.15) is 5.69 Å². The molecule has 0 spiro atoms. The summed E-state index contributed by atoms with van der Waals surface area (Å²) >= 11 is 0. The number of nitrogens with one attached hydrogen (secondary N) is 2. The fourth-order valence-corrected chi connectivity index (χ4v) is 4.62. The number of hydrogen-bond donors (Lipinski definition) is 3. The van der Waals surface area contributed by atoms with Gasteiger partial charge in [-0.2, -0.15) is 0 Å². The van der Waals surface area contributed by atoms with Gasteiger partial charge in [0.25, 0.3) is 5.91 Å². The lowest BCUT2D eigenvalue weighted by molar-refractivity contribution is -0.110. The van der Waals surface area contributed by atoms with E-state index in [1.54, 1.807) is 0 Å². The molecule has 3 atom stereocenters. The highest BCUT2D eigenvalue weighted by Crippen LogP contribution is 2.47. The normalized spacial score (nSPS) is 29.2. The third-order valence-corrected chi connectivity index (χ3v) is 5.84. The Kier molecular flexibility index (Phi) is 4.00. The van der Waals surface area contributed by atoms with E-state index in [0.29, 0.717) is 18.7 Å². The van der Waals surface area contributed by atoms with Crippen LogP contribution in [-0.4, -0.2) is 38.5 Å².